The van der Waals surface area contributed by atoms with E-state index in [0.717, 1.165) is 18.4 Å². The second-order valence-corrected chi connectivity index (χ2v) is 7.63. The van der Waals surface area contributed by atoms with Gasteiger partial charge in [0.1, 0.15) is 0 Å². The Kier molecular flexibility index (Phi) is 6.84. The highest BCUT2D eigenvalue weighted by molar-refractivity contribution is 7.89. The lowest BCUT2D eigenvalue weighted by atomic mass is 9.84. The van der Waals surface area contributed by atoms with Gasteiger partial charge in [-0.25, -0.2) is 13.1 Å². The first-order valence-corrected chi connectivity index (χ1v) is 9.16. The van der Waals surface area contributed by atoms with Crippen molar-refractivity contribution in [3.8, 4) is 0 Å². The Bertz CT molecular complexity index is 501. The van der Waals surface area contributed by atoms with Gasteiger partial charge in [0.15, 0.2) is 0 Å². The van der Waals surface area contributed by atoms with E-state index < -0.39 is 10.0 Å². The van der Waals surface area contributed by atoms with E-state index in [2.05, 4.69) is 4.72 Å². The summed E-state index contributed by atoms with van der Waals surface area (Å²) in [4.78, 5) is 0. The number of hydrogen-bond donors (Lipinski definition) is 2. The Balaban J connectivity index is 2.66. The van der Waals surface area contributed by atoms with Gasteiger partial charge in [0.05, 0.1) is 5.75 Å². The van der Waals surface area contributed by atoms with Gasteiger partial charge in [0.25, 0.3) is 0 Å². The third kappa shape index (κ3) is 5.41. The van der Waals surface area contributed by atoms with Crippen LogP contribution in [0.2, 0.25) is 0 Å². The van der Waals surface area contributed by atoms with E-state index >= 15 is 0 Å². The molecule has 0 bridgehead atoms. The normalized spacial score (nSPS) is 14.1. The Morgan fingerprint density at radius 1 is 1.19 bits per heavy atom. The molecule has 21 heavy (non-hydrogen) atoms. The molecule has 1 rings (SSSR count). The minimum atomic E-state index is -3.35. The molecule has 0 fully saturated rings. The summed E-state index contributed by atoms with van der Waals surface area (Å²) in [6.07, 6.45) is 1.49. The topological polar surface area (TPSA) is 66.4 Å². The van der Waals surface area contributed by atoms with E-state index in [4.69, 9.17) is 0 Å². The molecule has 0 aliphatic heterocycles. The van der Waals surface area contributed by atoms with Crippen molar-refractivity contribution in [2.24, 2.45) is 5.41 Å². The van der Waals surface area contributed by atoms with Crippen molar-refractivity contribution in [2.75, 3.05) is 18.9 Å². The van der Waals surface area contributed by atoms with Crippen LogP contribution in [0.1, 0.15) is 45.1 Å². The van der Waals surface area contributed by atoms with Crippen molar-refractivity contribution in [1.82, 2.24) is 4.72 Å². The van der Waals surface area contributed by atoms with Gasteiger partial charge in [-0.15, -0.1) is 0 Å². The Labute approximate surface area is 128 Å². The van der Waals surface area contributed by atoms with Crippen LogP contribution in [-0.4, -0.2) is 32.4 Å². The van der Waals surface area contributed by atoms with Crippen LogP contribution in [0.3, 0.4) is 0 Å². The zero-order chi connectivity index (χ0) is 15.9. The van der Waals surface area contributed by atoms with Gasteiger partial charge >= 0.3 is 0 Å². The lowest BCUT2D eigenvalue weighted by Gasteiger charge is -2.29. The smallest absolute Gasteiger partial charge is 0.212 e. The fourth-order valence-corrected chi connectivity index (χ4v) is 3.80. The van der Waals surface area contributed by atoms with E-state index in [-0.39, 0.29) is 23.7 Å². The molecule has 120 valence electrons. The van der Waals surface area contributed by atoms with Crippen molar-refractivity contribution in [2.45, 2.75) is 39.5 Å². The van der Waals surface area contributed by atoms with Gasteiger partial charge in [-0.05, 0) is 24.3 Å². The molecule has 0 saturated carbocycles. The van der Waals surface area contributed by atoms with E-state index in [1.165, 1.54) is 0 Å². The zero-order valence-corrected chi connectivity index (χ0v) is 14.0. The zero-order valence-electron chi connectivity index (χ0n) is 13.2. The lowest BCUT2D eigenvalue weighted by molar-refractivity contribution is 0.119. The fourth-order valence-electron chi connectivity index (χ4n) is 2.31. The summed E-state index contributed by atoms with van der Waals surface area (Å²) in [7, 11) is -3.35. The standard InChI is InChI=1S/C16H27NO3S/c1-4-16(5-2,13-18)12-17-21(19,20)11-14(3)15-9-7-6-8-10-15/h6-10,14,17-18H,4-5,11-13H2,1-3H3. The maximum Gasteiger partial charge on any atom is 0.212 e. The van der Waals surface area contributed by atoms with Gasteiger partial charge in [-0.2, -0.15) is 0 Å². The minimum Gasteiger partial charge on any atom is -0.396 e. The molecule has 1 aromatic carbocycles. The van der Waals surface area contributed by atoms with E-state index in [0.29, 0.717) is 6.54 Å². The molecule has 0 amide bonds. The summed E-state index contributed by atoms with van der Waals surface area (Å²) in [6, 6.07) is 9.63. The molecule has 2 N–H and O–H groups in total. The summed E-state index contributed by atoms with van der Waals surface area (Å²) in [5.74, 6) is 0.00172. The molecule has 1 unspecified atom stereocenters. The molecule has 0 aliphatic rings. The van der Waals surface area contributed by atoms with Crippen LogP contribution < -0.4 is 4.72 Å². The number of aliphatic hydroxyl groups excluding tert-OH is 1. The van der Waals surface area contributed by atoms with Crippen LogP contribution in [0.25, 0.3) is 0 Å². The van der Waals surface area contributed by atoms with Gasteiger partial charge in [-0.1, -0.05) is 51.1 Å². The fraction of sp³-hybridized carbons (Fsp3) is 0.625. The van der Waals surface area contributed by atoms with Crippen LogP contribution in [-0.2, 0) is 10.0 Å². The monoisotopic (exact) mass is 313 g/mol. The number of sulfonamides is 1. The average molecular weight is 313 g/mol. The highest BCUT2D eigenvalue weighted by Gasteiger charge is 2.27. The predicted octanol–water partition coefficient (Wildman–Crippen LogP) is 2.51. The molecule has 0 aliphatic carbocycles. The van der Waals surface area contributed by atoms with Gasteiger partial charge in [0, 0.05) is 18.6 Å². The molecule has 1 aromatic rings. The molecule has 4 nitrogen and oxygen atoms in total. The SMILES string of the molecule is CCC(CC)(CO)CNS(=O)(=O)CC(C)c1ccccc1. The molecule has 0 heterocycles. The number of hydrogen-bond acceptors (Lipinski definition) is 3. The molecule has 0 aromatic heterocycles. The largest absolute Gasteiger partial charge is 0.396 e. The van der Waals surface area contributed by atoms with Crippen molar-refractivity contribution < 1.29 is 13.5 Å². The lowest BCUT2D eigenvalue weighted by Crippen LogP contribution is -2.40. The molecular formula is C16H27NO3S. The summed E-state index contributed by atoms with van der Waals surface area (Å²) in [5.41, 5.74) is 0.658. The Morgan fingerprint density at radius 2 is 1.76 bits per heavy atom. The first kappa shape index (κ1) is 18.1. The average Bonchev–Trinajstić information content (AvgIpc) is 2.50. The van der Waals surface area contributed by atoms with Crippen LogP contribution in [0.4, 0.5) is 0 Å². The Hall–Kier alpha value is -0.910. The number of nitrogens with one attached hydrogen (secondary N) is 1. The molecule has 5 heteroatoms. The molecule has 0 radical (unpaired) electrons. The number of benzene rings is 1. The van der Waals surface area contributed by atoms with Crippen molar-refractivity contribution in [3.63, 3.8) is 0 Å². The predicted molar refractivity (Wildman–Crippen MR) is 86.7 cm³/mol. The summed E-state index contributed by atoms with van der Waals surface area (Å²) < 4.78 is 27.1. The highest BCUT2D eigenvalue weighted by atomic mass is 32.2. The first-order chi connectivity index (χ1) is 9.88. The number of aliphatic hydroxyl groups is 1. The summed E-state index contributed by atoms with van der Waals surface area (Å²) in [5, 5.41) is 9.50. The van der Waals surface area contributed by atoms with Crippen LogP contribution in [0, 0.1) is 5.41 Å². The van der Waals surface area contributed by atoms with Crippen molar-refractivity contribution >= 4 is 10.0 Å². The molecule has 1 atom stereocenters. The van der Waals surface area contributed by atoms with Gasteiger partial charge < -0.3 is 5.11 Å². The first-order valence-electron chi connectivity index (χ1n) is 7.51. The summed E-state index contributed by atoms with van der Waals surface area (Å²) in [6.45, 7) is 6.14. The van der Waals surface area contributed by atoms with Crippen LogP contribution >= 0.6 is 0 Å². The maximum atomic E-state index is 12.2. The Morgan fingerprint density at radius 3 is 2.24 bits per heavy atom. The van der Waals surface area contributed by atoms with E-state index in [1.54, 1.807) is 0 Å². The quantitative estimate of drug-likeness (QED) is 0.736. The van der Waals surface area contributed by atoms with Crippen LogP contribution in [0.15, 0.2) is 30.3 Å². The number of rotatable bonds is 9. The molecular weight excluding hydrogens is 286 g/mol. The van der Waals surface area contributed by atoms with Crippen molar-refractivity contribution in [3.05, 3.63) is 35.9 Å². The highest BCUT2D eigenvalue weighted by Crippen LogP contribution is 2.25. The minimum absolute atomic E-state index is 0.00322. The third-order valence-corrected chi connectivity index (χ3v) is 5.86. The van der Waals surface area contributed by atoms with Crippen molar-refractivity contribution in [1.29, 1.82) is 0 Å². The third-order valence-electron chi connectivity index (χ3n) is 4.34. The van der Waals surface area contributed by atoms with Gasteiger partial charge in [0.2, 0.25) is 10.0 Å². The molecule has 0 saturated heterocycles. The van der Waals surface area contributed by atoms with E-state index in [1.807, 2.05) is 51.1 Å². The van der Waals surface area contributed by atoms with E-state index in [9.17, 15) is 13.5 Å². The molecule has 0 spiro atoms. The maximum absolute atomic E-state index is 12.2. The summed E-state index contributed by atoms with van der Waals surface area (Å²) >= 11 is 0. The van der Waals surface area contributed by atoms with Gasteiger partial charge in [-0.3, -0.25) is 0 Å². The second kappa shape index (κ2) is 7.92. The van der Waals surface area contributed by atoms with Crippen LogP contribution in [0.5, 0.6) is 0 Å². The second-order valence-electron chi connectivity index (χ2n) is 5.78.